The summed E-state index contributed by atoms with van der Waals surface area (Å²) in [4.78, 5) is 22.7. The topological polar surface area (TPSA) is 91.3 Å². The quantitative estimate of drug-likeness (QED) is 0.0321. The fourth-order valence-electron chi connectivity index (χ4n) is 5.02. The number of carbonyl (C=O) groups excluding carboxylic acids is 1. The van der Waals surface area contributed by atoms with Gasteiger partial charge in [-0.15, -0.1) is 0 Å². The van der Waals surface area contributed by atoms with Gasteiger partial charge in [-0.05, 0) is 12.8 Å². The van der Waals surface area contributed by atoms with E-state index < -0.39 is 13.9 Å². The molecular weight excluding hydrogens is 577 g/mol. The fourth-order valence-corrected chi connectivity index (χ4v) is 5.76. The van der Waals surface area contributed by atoms with Gasteiger partial charge < -0.3 is 18.9 Å². The summed E-state index contributed by atoms with van der Waals surface area (Å²) in [6, 6.07) is 0. The van der Waals surface area contributed by atoms with E-state index in [1.165, 1.54) is 109 Å². The van der Waals surface area contributed by atoms with Gasteiger partial charge in [0.15, 0.2) is 0 Å². The number of quaternary nitrogens is 1. The molecule has 0 heterocycles. The molecule has 0 fully saturated rings. The second-order valence-corrected chi connectivity index (χ2v) is 15.1. The smallest absolute Gasteiger partial charge is 0.457 e. The number of nitrogens with zero attached hydrogens (tertiary/aromatic N) is 1. The zero-order valence-corrected chi connectivity index (χ0v) is 30.6. The van der Waals surface area contributed by atoms with Crippen LogP contribution in [0.2, 0.25) is 0 Å². The van der Waals surface area contributed by atoms with E-state index in [4.69, 9.17) is 18.5 Å². The van der Waals surface area contributed by atoms with E-state index in [0.29, 0.717) is 24.1 Å². The van der Waals surface area contributed by atoms with Gasteiger partial charge in [-0.1, -0.05) is 142 Å². The summed E-state index contributed by atoms with van der Waals surface area (Å²) in [5, 5.41) is 0. The second-order valence-electron chi connectivity index (χ2n) is 13.6. The molecule has 8 nitrogen and oxygen atoms in total. The van der Waals surface area contributed by atoms with E-state index in [0.717, 1.165) is 32.1 Å². The number of phosphoric ester groups is 1. The van der Waals surface area contributed by atoms with Crippen molar-refractivity contribution in [1.82, 2.24) is 0 Å². The van der Waals surface area contributed by atoms with Gasteiger partial charge in [0.25, 0.3) is 0 Å². The Morgan fingerprint density at radius 3 is 1.50 bits per heavy atom. The lowest BCUT2D eigenvalue weighted by Crippen LogP contribution is -2.37. The molecule has 44 heavy (non-hydrogen) atoms. The summed E-state index contributed by atoms with van der Waals surface area (Å²) < 4.78 is 34.7. The summed E-state index contributed by atoms with van der Waals surface area (Å²) >= 11 is 0. The summed E-state index contributed by atoms with van der Waals surface area (Å²) in [5.74, 6) is -0.313. The van der Waals surface area contributed by atoms with Crippen LogP contribution in [0.25, 0.3) is 0 Å². The molecule has 0 aromatic carbocycles. The van der Waals surface area contributed by atoms with Crippen molar-refractivity contribution >= 4 is 13.8 Å². The van der Waals surface area contributed by atoms with Gasteiger partial charge in [-0.25, -0.2) is 4.57 Å². The predicted molar refractivity (Wildman–Crippen MR) is 183 cm³/mol. The SMILES string of the molecule is CCCCCCCCCCCCCCCCC(=O)OC(COCCCCCCCCCC)COP(=O)(O)OCC[N+](C)(C)C. The Hall–Kier alpha value is -0.500. The van der Waals surface area contributed by atoms with Crippen molar-refractivity contribution < 1.29 is 37.3 Å². The third-order valence-corrected chi connectivity index (χ3v) is 8.90. The van der Waals surface area contributed by atoms with Crippen LogP contribution >= 0.6 is 7.82 Å². The molecule has 0 radical (unpaired) electrons. The third kappa shape index (κ3) is 32.9. The normalized spacial score (nSPS) is 14.0. The van der Waals surface area contributed by atoms with Crippen molar-refractivity contribution in [2.24, 2.45) is 0 Å². The summed E-state index contributed by atoms with van der Waals surface area (Å²) in [6.07, 6.45) is 27.0. The number of phosphoric acid groups is 1. The van der Waals surface area contributed by atoms with E-state index in [1.54, 1.807) is 0 Å². The lowest BCUT2D eigenvalue weighted by molar-refractivity contribution is -0.870. The van der Waals surface area contributed by atoms with Crippen molar-refractivity contribution in [2.45, 2.75) is 168 Å². The zero-order valence-electron chi connectivity index (χ0n) is 29.7. The van der Waals surface area contributed by atoms with Gasteiger partial charge in [-0.2, -0.15) is 0 Å². The minimum absolute atomic E-state index is 0.0931. The highest BCUT2D eigenvalue weighted by molar-refractivity contribution is 7.47. The van der Waals surface area contributed by atoms with Gasteiger partial charge in [0.2, 0.25) is 0 Å². The molecule has 0 saturated carbocycles. The molecule has 0 spiro atoms. The van der Waals surface area contributed by atoms with E-state index in [-0.39, 0.29) is 25.8 Å². The highest BCUT2D eigenvalue weighted by Crippen LogP contribution is 2.43. The number of ether oxygens (including phenoxy) is 2. The van der Waals surface area contributed by atoms with Crippen LogP contribution < -0.4 is 0 Å². The van der Waals surface area contributed by atoms with Crippen LogP contribution in [0, 0.1) is 0 Å². The average molecular weight is 651 g/mol. The van der Waals surface area contributed by atoms with Crippen LogP contribution in [0.4, 0.5) is 0 Å². The summed E-state index contributed by atoms with van der Waals surface area (Å²) in [7, 11) is 1.68. The number of rotatable bonds is 34. The lowest BCUT2D eigenvalue weighted by Gasteiger charge is -2.24. The van der Waals surface area contributed by atoms with Gasteiger partial charge in [-0.3, -0.25) is 13.8 Å². The predicted octanol–water partition coefficient (Wildman–Crippen LogP) is 9.77. The Labute approximate surface area is 272 Å². The standard InChI is InChI=1S/C35H72NO7P/c1-6-8-10-12-14-16-17-18-19-20-21-22-24-26-28-35(37)43-34(32-40-30-27-25-23-15-13-11-9-7-2)33-42-44(38,39)41-31-29-36(3,4)5/h34H,6-33H2,1-5H3/p+1. The highest BCUT2D eigenvalue weighted by Gasteiger charge is 2.26. The van der Waals surface area contributed by atoms with Crippen LogP contribution in [-0.2, 0) is 27.9 Å². The first kappa shape index (κ1) is 43.5. The van der Waals surface area contributed by atoms with Crippen LogP contribution in [0.3, 0.4) is 0 Å². The van der Waals surface area contributed by atoms with E-state index in [2.05, 4.69) is 13.8 Å². The van der Waals surface area contributed by atoms with E-state index in [9.17, 15) is 14.3 Å². The third-order valence-electron chi connectivity index (χ3n) is 7.92. The average Bonchev–Trinajstić information content (AvgIpc) is 2.96. The first-order valence-electron chi connectivity index (χ1n) is 18.3. The van der Waals surface area contributed by atoms with Crippen molar-refractivity contribution in [3.8, 4) is 0 Å². The Kier molecular flexibility index (Phi) is 29.5. The number of hydrogen-bond acceptors (Lipinski definition) is 6. The molecule has 0 aliphatic carbocycles. The van der Waals surface area contributed by atoms with Gasteiger partial charge in [0.1, 0.15) is 19.3 Å². The number of esters is 1. The van der Waals surface area contributed by atoms with Crippen LogP contribution in [0.5, 0.6) is 0 Å². The summed E-state index contributed by atoms with van der Waals surface area (Å²) in [5.41, 5.74) is 0. The molecule has 2 unspecified atom stereocenters. The molecule has 2 atom stereocenters. The van der Waals surface area contributed by atoms with Crippen LogP contribution in [0.15, 0.2) is 0 Å². The van der Waals surface area contributed by atoms with Gasteiger partial charge in [0.05, 0.1) is 34.4 Å². The number of unbranched alkanes of at least 4 members (excludes halogenated alkanes) is 20. The molecule has 264 valence electrons. The monoisotopic (exact) mass is 651 g/mol. The molecule has 0 aromatic heterocycles. The van der Waals surface area contributed by atoms with Crippen LogP contribution in [-0.4, -0.2) is 75.6 Å². The molecule has 0 aromatic rings. The largest absolute Gasteiger partial charge is 0.472 e. The maximum Gasteiger partial charge on any atom is 0.472 e. The molecule has 0 saturated heterocycles. The Morgan fingerprint density at radius 2 is 1.05 bits per heavy atom. The first-order valence-corrected chi connectivity index (χ1v) is 19.8. The van der Waals surface area contributed by atoms with Gasteiger partial charge >= 0.3 is 13.8 Å². The van der Waals surface area contributed by atoms with E-state index in [1.807, 2.05) is 21.1 Å². The Bertz CT molecular complexity index is 686. The molecule has 9 heteroatoms. The Morgan fingerprint density at radius 1 is 0.614 bits per heavy atom. The number of likely N-dealkylation sites (N-methyl/N-ethyl adjacent to an activating group) is 1. The van der Waals surface area contributed by atoms with Crippen molar-refractivity contribution in [3.63, 3.8) is 0 Å². The molecule has 1 N–H and O–H groups in total. The minimum Gasteiger partial charge on any atom is -0.457 e. The molecule has 0 rings (SSSR count). The zero-order chi connectivity index (χ0) is 32.8. The molecule has 0 bridgehead atoms. The molecule has 0 aliphatic heterocycles. The molecular formula is C35H73NO7P+. The maximum absolute atomic E-state index is 12.6. The first-order chi connectivity index (χ1) is 21.1. The van der Waals surface area contributed by atoms with Crippen molar-refractivity contribution in [3.05, 3.63) is 0 Å². The van der Waals surface area contributed by atoms with E-state index >= 15 is 0 Å². The maximum atomic E-state index is 12.6. The molecule has 0 aliphatic rings. The lowest BCUT2D eigenvalue weighted by atomic mass is 10.0. The molecule has 0 amide bonds. The van der Waals surface area contributed by atoms with Crippen LogP contribution in [0.1, 0.15) is 162 Å². The van der Waals surface area contributed by atoms with Crippen molar-refractivity contribution in [1.29, 1.82) is 0 Å². The van der Waals surface area contributed by atoms with Gasteiger partial charge in [0, 0.05) is 13.0 Å². The number of hydrogen-bond donors (Lipinski definition) is 1. The Balaban J connectivity index is 4.25. The second kappa shape index (κ2) is 29.9. The highest BCUT2D eigenvalue weighted by atomic mass is 31.2. The number of carbonyl (C=O) groups is 1. The van der Waals surface area contributed by atoms with Crippen molar-refractivity contribution in [2.75, 3.05) is 54.1 Å². The fraction of sp³-hybridized carbons (Fsp3) is 0.971. The minimum atomic E-state index is -4.25. The summed E-state index contributed by atoms with van der Waals surface area (Å²) in [6.45, 7) is 5.62.